The number of carbonyl (C=O) groups is 1. The van der Waals surface area contributed by atoms with Crippen molar-refractivity contribution < 1.29 is 9.90 Å². The first-order chi connectivity index (χ1) is 8.13. The highest BCUT2D eigenvalue weighted by atomic mass is 32.1. The van der Waals surface area contributed by atoms with Crippen LogP contribution in [-0.4, -0.2) is 23.3 Å². The summed E-state index contributed by atoms with van der Waals surface area (Å²) in [5, 5.41) is 11.5. The van der Waals surface area contributed by atoms with Gasteiger partial charge in [0.05, 0.1) is 12.5 Å². The van der Waals surface area contributed by atoms with E-state index in [9.17, 15) is 4.79 Å². The third kappa shape index (κ3) is 4.95. The number of benzene rings is 1. The average molecular weight is 251 g/mol. The van der Waals surface area contributed by atoms with Gasteiger partial charge in [-0.3, -0.25) is 4.79 Å². The largest absolute Gasteiger partial charge is 0.511 e. The molecule has 0 saturated heterocycles. The van der Waals surface area contributed by atoms with Crippen LogP contribution in [0.2, 0.25) is 0 Å². The molecule has 4 heteroatoms. The molecule has 1 rings (SSSR count). The Hall–Kier alpha value is -1.42. The summed E-state index contributed by atoms with van der Waals surface area (Å²) in [5.74, 6) is 0.119. The number of carbonyl (C=O) groups excluding carboxylic acids is 1. The van der Waals surface area contributed by atoms with Crippen LogP contribution in [0, 0.1) is 5.92 Å². The van der Waals surface area contributed by atoms with Crippen LogP contribution in [0.4, 0.5) is 0 Å². The Bertz CT molecular complexity index is 378. The number of aliphatic hydroxyl groups is 1. The van der Waals surface area contributed by atoms with E-state index in [0.717, 1.165) is 5.56 Å². The average Bonchev–Trinajstić information content (AvgIpc) is 2.34. The van der Waals surface area contributed by atoms with Crippen molar-refractivity contribution in [2.24, 2.45) is 5.92 Å². The normalized spacial score (nSPS) is 11.8. The number of amides is 1. The molecule has 0 aliphatic heterocycles. The molecular weight excluding hydrogens is 234 g/mol. The standard InChI is InChI=1S/C13H17NO2S/c1-10(15)8-14-13(16)12(9-17)7-11-5-3-2-4-6-11/h2-6,12,15,17H,1,7-9H2,(H,14,16). The Morgan fingerprint density at radius 3 is 2.59 bits per heavy atom. The van der Waals surface area contributed by atoms with Crippen LogP contribution >= 0.6 is 12.6 Å². The van der Waals surface area contributed by atoms with Gasteiger partial charge in [0.15, 0.2) is 0 Å². The minimum Gasteiger partial charge on any atom is -0.511 e. The lowest BCUT2D eigenvalue weighted by Crippen LogP contribution is -2.34. The molecule has 1 unspecified atom stereocenters. The van der Waals surface area contributed by atoms with Gasteiger partial charge in [0.2, 0.25) is 5.91 Å². The van der Waals surface area contributed by atoms with Crippen molar-refractivity contribution in [3.05, 3.63) is 48.2 Å². The van der Waals surface area contributed by atoms with Gasteiger partial charge in [-0.1, -0.05) is 36.9 Å². The lowest BCUT2D eigenvalue weighted by Gasteiger charge is -2.14. The molecule has 0 bridgehead atoms. The first-order valence-corrected chi connectivity index (χ1v) is 6.06. The molecule has 0 radical (unpaired) electrons. The number of thiol groups is 1. The molecule has 0 fully saturated rings. The third-order valence-electron chi connectivity index (χ3n) is 2.38. The van der Waals surface area contributed by atoms with Gasteiger partial charge in [-0.15, -0.1) is 0 Å². The van der Waals surface area contributed by atoms with Crippen LogP contribution in [0.15, 0.2) is 42.7 Å². The molecule has 1 atom stereocenters. The van der Waals surface area contributed by atoms with Crippen molar-refractivity contribution in [3.8, 4) is 0 Å². The van der Waals surface area contributed by atoms with Crippen molar-refractivity contribution in [2.75, 3.05) is 12.3 Å². The Labute approximate surface area is 107 Å². The molecule has 0 heterocycles. The van der Waals surface area contributed by atoms with Crippen LogP contribution < -0.4 is 5.32 Å². The Morgan fingerprint density at radius 2 is 2.06 bits per heavy atom. The topological polar surface area (TPSA) is 49.3 Å². The van der Waals surface area contributed by atoms with Crippen molar-refractivity contribution in [2.45, 2.75) is 6.42 Å². The highest BCUT2D eigenvalue weighted by molar-refractivity contribution is 7.80. The van der Waals surface area contributed by atoms with Gasteiger partial charge in [-0.05, 0) is 12.0 Å². The van der Waals surface area contributed by atoms with E-state index < -0.39 is 0 Å². The maximum atomic E-state index is 11.8. The number of nitrogens with one attached hydrogen (secondary N) is 1. The monoisotopic (exact) mass is 251 g/mol. The fourth-order valence-electron chi connectivity index (χ4n) is 1.47. The van der Waals surface area contributed by atoms with Crippen molar-refractivity contribution >= 4 is 18.5 Å². The van der Waals surface area contributed by atoms with Crippen LogP contribution in [-0.2, 0) is 11.2 Å². The van der Waals surface area contributed by atoms with E-state index in [0.29, 0.717) is 12.2 Å². The first-order valence-electron chi connectivity index (χ1n) is 5.42. The van der Waals surface area contributed by atoms with Crippen LogP contribution in [0.1, 0.15) is 5.56 Å². The zero-order valence-electron chi connectivity index (χ0n) is 9.60. The summed E-state index contributed by atoms with van der Waals surface area (Å²) >= 11 is 4.18. The predicted molar refractivity (Wildman–Crippen MR) is 72.3 cm³/mol. The van der Waals surface area contributed by atoms with E-state index in [2.05, 4.69) is 24.5 Å². The van der Waals surface area contributed by atoms with E-state index >= 15 is 0 Å². The summed E-state index contributed by atoms with van der Waals surface area (Å²) in [6.45, 7) is 3.41. The fourth-order valence-corrected chi connectivity index (χ4v) is 1.77. The molecule has 0 aliphatic carbocycles. The van der Waals surface area contributed by atoms with Gasteiger partial charge in [0, 0.05) is 5.75 Å². The molecular formula is C13H17NO2S. The highest BCUT2D eigenvalue weighted by Gasteiger charge is 2.16. The Kier molecular flexibility index (Phi) is 5.63. The summed E-state index contributed by atoms with van der Waals surface area (Å²) in [6.07, 6.45) is 0.647. The molecule has 1 aromatic carbocycles. The Morgan fingerprint density at radius 1 is 1.41 bits per heavy atom. The minimum absolute atomic E-state index is 0.0454. The SMILES string of the molecule is C=C(O)CNC(=O)C(CS)Cc1ccccc1. The molecule has 17 heavy (non-hydrogen) atoms. The number of hydrogen-bond acceptors (Lipinski definition) is 3. The molecule has 0 aromatic heterocycles. The number of hydrogen-bond donors (Lipinski definition) is 3. The van der Waals surface area contributed by atoms with Crippen molar-refractivity contribution in [1.29, 1.82) is 0 Å². The van der Waals surface area contributed by atoms with Crippen LogP contribution in [0.3, 0.4) is 0 Å². The second-order valence-corrected chi connectivity index (χ2v) is 4.22. The summed E-state index contributed by atoms with van der Waals surface area (Å²) < 4.78 is 0. The van der Waals surface area contributed by atoms with Gasteiger partial charge < -0.3 is 10.4 Å². The molecule has 2 N–H and O–H groups in total. The van der Waals surface area contributed by atoms with E-state index in [4.69, 9.17) is 5.11 Å². The Balaban J connectivity index is 2.53. The quantitative estimate of drug-likeness (QED) is 0.535. The molecule has 0 spiro atoms. The summed E-state index contributed by atoms with van der Waals surface area (Å²) in [5.41, 5.74) is 1.10. The minimum atomic E-state index is -0.194. The first kappa shape index (κ1) is 13.6. The maximum Gasteiger partial charge on any atom is 0.224 e. The molecule has 3 nitrogen and oxygen atoms in total. The molecule has 0 saturated carbocycles. The number of aliphatic hydroxyl groups excluding tert-OH is 1. The molecule has 92 valence electrons. The summed E-state index contributed by atoms with van der Waals surface area (Å²) in [7, 11) is 0. The van der Waals surface area contributed by atoms with E-state index in [1.54, 1.807) is 0 Å². The van der Waals surface area contributed by atoms with Crippen LogP contribution in [0.5, 0.6) is 0 Å². The summed E-state index contributed by atoms with van der Waals surface area (Å²) in [6, 6.07) is 9.79. The second kappa shape index (κ2) is 7.01. The maximum absolute atomic E-state index is 11.8. The van der Waals surface area contributed by atoms with Gasteiger partial charge in [-0.25, -0.2) is 0 Å². The second-order valence-electron chi connectivity index (χ2n) is 3.85. The van der Waals surface area contributed by atoms with Crippen molar-refractivity contribution in [1.82, 2.24) is 5.32 Å². The van der Waals surface area contributed by atoms with E-state index in [1.165, 1.54) is 0 Å². The van der Waals surface area contributed by atoms with Gasteiger partial charge in [-0.2, -0.15) is 12.6 Å². The zero-order valence-corrected chi connectivity index (χ0v) is 10.5. The fraction of sp³-hybridized carbons (Fsp3) is 0.308. The lowest BCUT2D eigenvalue weighted by molar-refractivity contribution is -0.124. The predicted octanol–water partition coefficient (Wildman–Crippen LogP) is 1.96. The highest BCUT2D eigenvalue weighted by Crippen LogP contribution is 2.10. The van der Waals surface area contributed by atoms with Gasteiger partial charge in [0.25, 0.3) is 0 Å². The third-order valence-corrected chi connectivity index (χ3v) is 2.82. The molecule has 0 aliphatic rings. The molecule has 1 amide bonds. The zero-order chi connectivity index (χ0) is 12.7. The van der Waals surface area contributed by atoms with Gasteiger partial charge in [0.1, 0.15) is 5.76 Å². The number of rotatable bonds is 6. The van der Waals surface area contributed by atoms with Gasteiger partial charge >= 0.3 is 0 Å². The van der Waals surface area contributed by atoms with Crippen molar-refractivity contribution in [3.63, 3.8) is 0 Å². The van der Waals surface area contributed by atoms with E-state index in [-0.39, 0.29) is 24.1 Å². The molecule has 1 aromatic rings. The summed E-state index contributed by atoms with van der Waals surface area (Å²) in [4.78, 5) is 11.8. The van der Waals surface area contributed by atoms with Crippen LogP contribution in [0.25, 0.3) is 0 Å². The smallest absolute Gasteiger partial charge is 0.224 e. The lowest BCUT2D eigenvalue weighted by atomic mass is 10.0. The van der Waals surface area contributed by atoms with E-state index in [1.807, 2.05) is 30.3 Å².